The molecule has 0 atom stereocenters. The van der Waals surface area contributed by atoms with Crippen molar-refractivity contribution in [2.75, 3.05) is 6.26 Å². The Labute approximate surface area is 94.0 Å². The zero-order valence-corrected chi connectivity index (χ0v) is 9.80. The zero-order valence-electron chi connectivity index (χ0n) is 7.40. The van der Waals surface area contributed by atoms with E-state index in [2.05, 4.69) is 26.1 Å². The first-order chi connectivity index (χ1) is 6.79. The second kappa shape index (κ2) is 4.14. The van der Waals surface area contributed by atoms with Gasteiger partial charge >= 0.3 is 0 Å². The molecule has 0 bridgehead atoms. The van der Waals surface area contributed by atoms with E-state index in [0.29, 0.717) is 11.1 Å². The average Bonchev–Trinajstić information content (AvgIpc) is 2.66. The van der Waals surface area contributed by atoms with Crippen molar-refractivity contribution in [2.24, 2.45) is 0 Å². The van der Waals surface area contributed by atoms with Crippen LogP contribution in [0.1, 0.15) is 0 Å². The van der Waals surface area contributed by atoms with Crippen molar-refractivity contribution >= 4 is 27.7 Å². The Hall–Kier alpha value is -0.810. The molecule has 0 aliphatic rings. The second-order valence-corrected chi connectivity index (χ2v) is 4.26. The van der Waals surface area contributed by atoms with E-state index in [1.165, 1.54) is 11.8 Å². The molecule has 1 aromatic heterocycles. The quantitative estimate of drug-likeness (QED) is 0.786. The van der Waals surface area contributed by atoms with Crippen molar-refractivity contribution in [3.8, 4) is 11.5 Å². The lowest BCUT2D eigenvalue weighted by Crippen LogP contribution is -1.76. The first-order valence-electron chi connectivity index (χ1n) is 3.93. The van der Waals surface area contributed by atoms with Crippen LogP contribution in [0.5, 0.6) is 0 Å². The zero-order chi connectivity index (χ0) is 9.97. The number of halogens is 1. The summed E-state index contributed by atoms with van der Waals surface area (Å²) in [7, 11) is 0. The topological polar surface area (TPSA) is 38.9 Å². The summed E-state index contributed by atoms with van der Waals surface area (Å²) in [6, 6.07) is 7.76. The molecule has 1 aromatic carbocycles. The number of thioether (sulfide) groups is 1. The van der Waals surface area contributed by atoms with Gasteiger partial charge in [-0.05, 0) is 24.5 Å². The van der Waals surface area contributed by atoms with Crippen LogP contribution in [0.25, 0.3) is 11.5 Å². The highest BCUT2D eigenvalue weighted by molar-refractivity contribution is 9.10. The number of aromatic nitrogens is 2. The van der Waals surface area contributed by atoms with Crippen molar-refractivity contribution in [1.82, 2.24) is 10.2 Å². The normalized spacial score (nSPS) is 10.4. The predicted octanol–water partition coefficient (Wildman–Crippen LogP) is 3.22. The van der Waals surface area contributed by atoms with E-state index in [1.54, 1.807) is 0 Å². The van der Waals surface area contributed by atoms with Crippen LogP contribution in [0.2, 0.25) is 0 Å². The van der Waals surface area contributed by atoms with Gasteiger partial charge in [0, 0.05) is 10.0 Å². The van der Waals surface area contributed by atoms with Crippen molar-refractivity contribution in [3.05, 3.63) is 28.7 Å². The molecule has 0 fully saturated rings. The summed E-state index contributed by atoms with van der Waals surface area (Å²) in [5.41, 5.74) is 0.923. The molecule has 0 saturated carbocycles. The summed E-state index contributed by atoms with van der Waals surface area (Å²) >= 11 is 4.82. The van der Waals surface area contributed by atoms with E-state index < -0.39 is 0 Å². The molecule has 72 valence electrons. The number of rotatable bonds is 2. The van der Waals surface area contributed by atoms with Crippen molar-refractivity contribution in [3.63, 3.8) is 0 Å². The summed E-state index contributed by atoms with van der Waals surface area (Å²) in [5, 5.41) is 8.40. The first kappa shape index (κ1) is 9.73. The molecule has 0 N–H and O–H groups in total. The monoisotopic (exact) mass is 270 g/mol. The second-order valence-electron chi connectivity index (χ2n) is 2.59. The molecule has 2 rings (SSSR count). The van der Waals surface area contributed by atoms with Crippen LogP contribution in [0.3, 0.4) is 0 Å². The molecule has 0 spiro atoms. The van der Waals surface area contributed by atoms with Crippen LogP contribution in [-0.2, 0) is 0 Å². The highest BCUT2D eigenvalue weighted by Crippen LogP contribution is 2.23. The van der Waals surface area contributed by atoms with Crippen LogP contribution in [0.15, 0.2) is 38.4 Å². The Bertz CT molecular complexity index is 444. The summed E-state index contributed by atoms with van der Waals surface area (Å²) in [4.78, 5) is 0. The van der Waals surface area contributed by atoms with Crippen LogP contribution in [-0.4, -0.2) is 16.5 Å². The third-order valence-electron chi connectivity index (χ3n) is 1.65. The summed E-state index contributed by atoms with van der Waals surface area (Å²) in [6.45, 7) is 0. The lowest BCUT2D eigenvalue weighted by atomic mass is 10.2. The van der Waals surface area contributed by atoms with Crippen LogP contribution in [0.4, 0.5) is 0 Å². The van der Waals surface area contributed by atoms with Crippen LogP contribution < -0.4 is 0 Å². The van der Waals surface area contributed by atoms with Gasteiger partial charge in [-0.25, -0.2) is 0 Å². The largest absolute Gasteiger partial charge is 0.411 e. The van der Waals surface area contributed by atoms with E-state index in [1.807, 2.05) is 30.5 Å². The van der Waals surface area contributed by atoms with Gasteiger partial charge in [0.2, 0.25) is 5.89 Å². The van der Waals surface area contributed by atoms with Crippen LogP contribution in [0, 0.1) is 0 Å². The third kappa shape index (κ3) is 1.99. The van der Waals surface area contributed by atoms with E-state index in [9.17, 15) is 0 Å². The fourth-order valence-corrected chi connectivity index (χ4v) is 1.71. The van der Waals surface area contributed by atoms with Gasteiger partial charge in [-0.15, -0.1) is 10.2 Å². The Morgan fingerprint density at radius 2 is 2.21 bits per heavy atom. The minimum atomic E-state index is 0.552. The lowest BCUT2D eigenvalue weighted by Gasteiger charge is -1.94. The minimum absolute atomic E-state index is 0.552. The molecule has 0 amide bonds. The van der Waals surface area contributed by atoms with Crippen molar-refractivity contribution in [2.45, 2.75) is 5.22 Å². The highest BCUT2D eigenvalue weighted by Gasteiger charge is 2.07. The maximum atomic E-state index is 5.39. The fraction of sp³-hybridized carbons (Fsp3) is 0.111. The Morgan fingerprint density at radius 1 is 1.36 bits per heavy atom. The molecule has 0 unspecified atom stereocenters. The number of nitrogens with zero attached hydrogens (tertiary/aromatic N) is 2. The molecule has 14 heavy (non-hydrogen) atoms. The SMILES string of the molecule is CSc1nnc(-c2cccc(Br)c2)o1. The maximum absolute atomic E-state index is 5.39. The lowest BCUT2D eigenvalue weighted by molar-refractivity contribution is 0.466. The molecule has 1 heterocycles. The Kier molecular flexibility index (Phi) is 2.88. The van der Waals surface area contributed by atoms with Gasteiger partial charge in [0.1, 0.15) is 0 Å². The van der Waals surface area contributed by atoms with E-state index in [4.69, 9.17) is 4.42 Å². The van der Waals surface area contributed by atoms with E-state index >= 15 is 0 Å². The smallest absolute Gasteiger partial charge is 0.276 e. The predicted molar refractivity (Wildman–Crippen MR) is 59.2 cm³/mol. The molecular formula is C9H7BrN2OS. The van der Waals surface area contributed by atoms with Gasteiger partial charge in [0.25, 0.3) is 5.22 Å². The van der Waals surface area contributed by atoms with Gasteiger partial charge < -0.3 is 4.42 Å². The molecule has 0 radical (unpaired) electrons. The number of hydrogen-bond acceptors (Lipinski definition) is 4. The average molecular weight is 271 g/mol. The summed E-state index contributed by atoms with van der Waals surface area (Å²) in [5.74, 6) is 0.552. The van der Waals surface area contributed by atoms with Gasteiger partial charge in [-0.1, -0.05) is 33.8 Å². The van der Waals surface area contributed by atoms with Crippen molar-refractivity contribution in [1.29, 1.82) is 0 Å². The van der Waals surface area contributed by atoms with Gasteiger partial charge in [0.15, 0.2) is 0 Å². The molecule has 0 saturated heterocycles. The molecule has 0 aliphatic carbocycles. The number of hydrogen-bond donors (Lipinski definition) is 0. The molecule has 2 aromatic rings. The van der Waals surface area contributed by atoms with E-state index in [0.717, 1.165) is 10.0 Å². The Balaban J connectivity index is 2.39. The van der Waals surface area contributed by atoms with Gasteiger partial charge in [-0.2, -0.15) is 0 Å². The highest BCUT2D eigenvalue weighted by atomic mass is 79.9. The molecule has 5 heteroatoms. The van der Waals surface area contributed by atoms with Crippen molar-refractivity contribution < 1.29 is 4.42 Å². The fourth-order valence-electron chi connectivity index (χ4n) is 1.03. The standard InChI is InChI=1S/C9H7BrN2OS/c1-14-9-12-11-8(13-9)6-3-2-4-7(10)5-6/h2-5H,1H3. The molecule has 0 aliphatic heterocycles. The van der Waals surface area contributed by atoms with Gasteiger partial charge in [0.05, 0.1) is 0 Å². The summed E-state index contributed by atoms with van der Waals surface area (Å²) in [6.07, 6.45) is 1.90. The van der Waals surface area contributed by atoms with Gasteiger partial charge in [-0.3, -0.25) is 0 Å². The molecular weight excluding hydrogens is 264 g/mol. The summed E-state index contributed by atoms with van der Waals surface area (Å²) < 4.78 is 6.39. The molecule has 3 nitrogen and oxygen atoms in total. The number of benzene rings is 1. The maximum Gasteiger partial charge on any atom is 0.276 e. The minimum Gasteiger partial charge on any atom is -0.411 e. The van der Waals surface area contributed by atoms with E-state index in [-0.39, 0.29) is 0 Å². The Morgan fingerprint density at radius 3 is 2.86 bits per heavy atom. The first-order valence-corrected chi connectivity index (χ1v) is 5.95. The third-order valence-corrected chi connectivity index (χ3v) is 2.66. The van der Waals surface area contributed by atoms with Crippen LogP contribution >= 0.6 is 27.7 Å².